The minimum Gasteiger partial charge on any atom is -0.480 e. The van der Waals surface area contributed by atoms with E-state index in [9.17, 15) is 58.8 Å². The van der Waals surface area contributed by atoms with Gasteiger partial charge in [-0.15, -0.1) is 0 Å². The second-order valence-electron chi connectivity index (χ2n) is 37.2. The van der Waals surface area contributed by atoms with E-state index in [0.717, 1.165) is 32.7 Å². The lowest BCUT2D eigenvalue weighted by atomic mass is 9.80. The first-order valence-electron chi connectivity index (χ1n) is 47.2. The first-order chi connectivity index (χ1) is 65.3. The van der Waals surface area contributed by atoms with Gasteiger partial charge in [-0.05, 0) is 142 Å². The number of nitrogens with two attached hydrogens (primary N) is 3. The fourth-order valence-corrected chi connectivity index (χ4v) is 19.7. The van der Waals surface area contributed by atoms with Gasteiger partial charge in [-0.1, -0.05) is 82.4 Å². The summed E-state index contributed by atoms with van der Waals surface area (Å²) in [6, 6.07) is 8.51. The Labute approximate surface area is 789 Å². The Hall–Kier alpha value is -11.7. The summed E-state index contributed by atoms with van der Waals surface area (Å²) in [6.07, 6.45) is 15.3. The number of ether oxygens (including phenoxy) is 7. The third-order valence-corrected chi connectivity index (χ3v) is 27.8. The molecule has 0 radical (unpaired) electrons. The van der Waals surface area contributed by atoms with Gasteiger partial charge in [-0.2, -0.15) is 10.1 Å². The number of oxazole rings is 1. The number of Topliss-reactive ketones (excluding diaryl/α,β-unsaturated/α-hetero) is 2. The van der Waals surface area contributed by atoms with E-state index in [1.165, 1.54) is 37.8 Å². The summed E-state index contributed by atoms with van der Waals surface area (Å²) in [6.45, 7) is 16.0. The predicted molar refractivity (Wildman–Crippen MR) is 501 cm³/mol. The molecule has 5 fully saturated rings. The molecule has 7 aliphatic rings. The van der Waals surface area contributed by atoms with Crippen LogP contribution in [0.5, 0.6) is 0 Å². The number of hydrogen-bond donors (Lipinski definition) is 8. The van der Waals surface area contributed by atoms with Crippen molar-refractivity contribution in [3.8, 4) is 11.3 Å². The number of ketones is 2. The molecule has 2 aromatic carbocycles. The monoisotopic (exact) mass is 1880 g/mol. The zero-order valence-electron chi connectivity index (χ0n) is 78.8. The van der Waals surface area contributed by atoms with Crippen LogP contribution in [-0.4, -0.2) is 305 Å². The van der Waals surface area contributed by atoms with Gasteiger partial charge in [0.1, 0.15) is 59.9 Å². The summed E-state index contributed by atoms with van der Waals surface area (Å²) in [5.41, 5.74) is 27.8. The minimum atomic E-state index is -2.51. The van der Waals surface area contributed by atoms with Crippen LogP contribution in [0.3, 0.4) is 0 Å². The number of nitrogen functional groups attached to an aromatic ring is 2. The van der Waals surface area contributed by atoms with Crippen molar-refractivity contribution >= 4 is 93.2 Å². The number of fused-ring (bicyclic) bond motifs is 6. The van der Waals surface area contributed by atoms with Gasteiger partial charge in [-0.3, -0.25) is 28.9 Å². The highest BCUT2D eigenvalue weighted by molar-refractivity contribution is 6.39. The second kappa shape index (κ2) is 45.5. The van der Waals surface area contributed by atoms with Crippen molar-refractivity contribution in [2.75, 3.05) is 121 Å². The Morgan fingerprint density at radius 1 is 0.728 bits per heavy atom. The van der Waals surface area contributed by atoms with Crippen LogP contribution in [0, 0.1) is 29.6 Å². The molecule has 732 valence electrons. The number of benzene rings is 2. The number of rotatable bonds is 22. The summed E-state index contributed by atoms with van der Waals surface area (Å²) in [5.74, 6) is -8.87. The number of aliphatic hydroxyl groups is 3. The molecule has 4 amide bonds. The van der Waals surface area contributed by atoms with E-state index in [1.807, 2.05) is 78.9 Å². The van der Waals surface area contributed by atoms with Crippen LogP contribution >= 0.6 is 0 Å². The van der Waals surface area contributed by atoms with Crippen molar-refractivity contribution in [3.05, 3.63) is 143 Å². The van der Waals surface area contributed by atoms with Crippen LogP contribution < -0.4 is 32.3 Å². The van der Waals surface area contributed by atoms with Gasteiger partial charge in [0.25, 0.3) is 23.6 Å². The zero-order chi connectivity index (χ0) is 96.8. The first kappa shape index (κ1) is 100. The van der Waals surface area contributed by atoms with Gasteiger partial charge >= 0.3 is 18.0 Å². The fraction of sp³-hybridized carbons (Fsp3) is 0.567. The Balaban J connectivity index is 0.513. The summed E-state index contributed by atoms with van der Waals surface area (Å²) in [7, 11) is 4.55. The SMILES string of the molecule is CO[C@H]1C[C@@H]2CC[C@@H](C)[C@@](O)(O2)C(=O)C(=O)N2CCCC[C@H]2C(=O)O[C@H]([C@H](N)C[C@@H]2CC[C@@H](OC(=O)NCc3cnc(N4CCN(C(=O)CCOCCN5CCN(c6ncc(C(=O)N7CCc8cc(Cn9nc(-c%10ccc%11oc(N)nc%11c%10)c%10c(N)ncnc%109)ccc8C7)cn6)CC5)[C@@H](C(=O)O)C4)nc3)[C@H](OC)C2)C[C@@H](OC)[C@H](C)/C=C(\C)[C@@H](O)[C@@H](O)C(=O)[C@H](C)C[C@H](C)/C=C/C=C/C=C/1C. The number of aliphatic carboxylic acids is 1. The number of carboxylic acids is 1. The van der Waals surface area contributed by atoms with Gasteiger partial charge in [-0.25, -0.2) is 49.0 Å². The van der Waals surface area contributed by atoms with Crippen molar-refractivity contribution in [1.82, 2.24) is 69.6 Å². The number of carbonyl (C=O) groups is 8. The Morgan fingerprint density at radius 3 is 2.23 bits per heavy atom. The average Bonchev–Trinajstić information content (AvgIpc) is 1.68. The molecule has 1 aliphatic carbocycles. The van der Waals surface area contributed by atoms with Crippen LogP contribution in [-0.2, 0) is 88.0 Å². The molecule has 6 aliphatic heterocycles. The number of nitrogens with one attached hydrogen (secondary N) is 1. The number of aromatic nitrogens is 9. The number of carbonyl (C=O) groups excluding carboxylic acids is 7. The zero-order valence-corrected chi connectivity index (χ0v) is 78.8. The number of carboxylic acid groups (broad SMARTS) is 1. The highest BCUT2D eigenvalue weighted by Crippen LogP contribution is 2.40. The van der Waals surface area contributed by atoms with Crippen LogP contribution in [0.25, 0.3) is 33.4 Å². The van der Waals surface area contributed by atoms with Gasteiger partial charge in [0, 0.05) is 166 Å². The molecule has 1 saturated carbocycles. The number of alkyl carbamates (subject to hydrolysis) is 1. The highest BCUT2D eigenvalue weighted by Gasteiger charge is 2.54. The van der Waals surface area contributed by atoms with Gasteiger partial charge in [0.2, 0.25) is 23.6 Å². The molecular weight excluding hydrogens is 1750 g/mol. The Bertz CT molecular complexity index is 5510. The molecule has 136 heavy (non-hydrogen) atoms. The van der Waals surface area contributed by atoms with Crippen molar-refractivity contribution < 1.29 is 96.4 Å². The third kappa shape index (κ3) is 24.1. The van der Waals surface area contributed by atoms with Crippen molar-refractivity contribution in [2.45, 2.75) is 224 Å². The van der Waals surface area contributed by atoms with E-state index >= 15 is 0 Å². The second-order valence-corrected chi connectivity index (χ2v) is 37.2. The molecule has 7 aromatic rings. The number of hydrogen-bond acceptors (Lipinski definition) is 33. The molecule has 4 saturated heterocycles. The number of piperidine rings is 1. The maximum absolute atomic E-state index is 14.9. The summed E-state index contributed by atoms with van der Waals surface area (Å²) >= 11 is 0. The normalized spacial score (nSPS) is 28.5. The van der Waals surface area contributed by atoms with E-state index in [0.29, 0.717) is 173 Å². The minimum absolute atomic E-state index is 0.00260. The molecule has 11 heterocycles. The molecule has 39 nitrogen and oxygen atoms in total. The lowest BCUT2D eigenvalue weighted by Gasteiger charge is -2.43. The van der Waals surface area contributed by atoms with Gasteiger partial charge in [0.15, 0.2) is 17.0 Å². The Kier molecular flexibility index (Phi) is 33.6. The molecule has 0 unspecified atom stereocenters. The van der Waals surface area contributed by atoms with Gasteiger partial charge in [0.05, 0.1) is 68.1 Å². The smallest absolute Gasteiger partial charge is 0.407 e. The molecule has 5 aromatic heterocycles. The number of amides is 4. The summed E-state index contributed by atoms with van der Waals surface area (Å²) in [5, 5.41) is 53.8. The number of aliphatic hydroxyl groups excluding tert-OH is 2. The van der Waals surface area contributed by atoms with Crippen molar-refractivity contribution in [2.24, 2.45) is 35.3 Å². The number of anilines is 4. The fourth-order valence-electron chi connectivity index (χ4n) is 19.7. The number of methoxy groups -OCH3 is 3. The first-order valence-corrected chi connectivity index (χ1v) is 47.2. The molecule has 2 bridgehead atoms. The lowest BCUT2D eigenvalue weighted by Crippen LogP contribution is -2.61. The number of piperazine rings is 2. The van der Waals surface area contributed by atoms with Crippen LogP contribution in [0.2, 0.25) is 0 Å². The topological polar surface area (TPSA) is 513 Å². The molecule has 39 heteroatoms. The number of allylic oxidation sites excluding steroid dienone is 5. The third-order valence-electron chi connectivity index (χ3n) is 27.8. The van der Waals surface area contributed by atoms with Crippen LogP contribution in [0.15, 0.2) is 120 Å². The molecule has 17 atom stereocenters. The quantitative estimate of drug-likeness (QED) is 0.0148. The summed E-state index contributed by atoms with van der Waals surface area (Å²) in [4.78, 5) is 153. The standard InChI is InChI=1S/C97H129N19O20/c1-56-15-11-10-12-16-57(2)76(129-7)45-69-23-18-61(6)97(128,136-69)86(121)90(123)115-28-14-13-17-72(115)92(126)133-78(46-77(130-8)58(3)40-60(5)84(119)85(120)83(118)59(4)39-56)70(98)42-62-20-24-75(79(43-62)131-9)135-96(127)105-49-64-47-101-95(102-48-64)113-34-35-114(73(54-113)91(124)125)80(117)27-37-132-38-36-110-30-32-111(33-31-110)94-103-50-68(51-104-94)89(122)112-29-26-65-41-63(19-21-67(65)53-112)52-116-88-81(87(99)106-55-107-88)82(109-116)66-22-25-74-71(44-66)108-93(100)134-74/h10-12,15-16,19,21-22,25,40-41,44,47-48,50-51,55-56,58-59,61-62,69-70,72-73,75-79,84-85,119-120,128H,13-14,17-18,20,23-24,26-39,42-43,45-46,49,52-54,98H2,1-9H3,(H2,100,108)(H,105,127)(H,124,125)(H2,99,106,107)/b12-10+,15-11+,57-16+,60-40+/t56-,58-,59-,61-,62+,69+,70-,72+,73-,75-,76+,77-,78+,79-,84-,85+,97-/m1/s1. The van der Waals surface area contributed by atoms with Crippen molar-refractivity contribution in [1.29, 1.82) is 0 Å². The average molecular weight is 1880 g/mol. The molecule has 11 N–H and O–H groups in total. The number of cyclic esters (lactones) is 1. The van der Waals surface area contributed by atoms with E-state index in [-0.39, 0.29) is 107 Å². The van der Waals surface area contributed by atoms with E-state index < -0.39 is 126 Å². The van der Waals surface area contributed by atoms with E-state index in [2.05, 4.69) is 62.1 Å². The largest absolute Gasteiger partial charge is 0.480 e. The Morgan fingerprint density at radius 2 is 1.48 bits per heavy atom. The van der Waals surface area contributed by atoms with E-state index in [1.54, 1.807) is 57.3 Å². The van der Waals surface area contributed by atoms with Gasteiger partial charge < -0.3 is 105 Å². The van der Waals surface area contributed by atoms with E-state index in [4.69, 9.17) is 59.9 Å². The molecular formula is C97H129N19O20. The maximum atomic E-state index is 14.9. The maximum Gasteiger partial charge on any atom is 0.407 e. The predicted octanol–water partition coefficient (Wildman–Crippen LogP) is 6.87. The lowest BCUT2D eigenvalue weighted by molar-refractivity contribution is -0.265. The molecule has 14 rings (SSSR count). The van der Waals surface area contributed by atoms with Crippen LogP contribution in [0.1, 0.15) is 158 Å². The number of esters is 1. The molecule has 0 spiro atoms. The van der Waals surface area contributed by atoms with Crippen LogP contribution in [0.4, 0.5) is 28.5 Å². The highest BCUT2D eigenvalue weighted by atomic mass is 16.6. The van der Waals surface area contributed by atoms with Crippen molar-refractivity contribution in [3.63, 3.8) is 0 Å². The number of nitrogens with zero attached hydrogens (tertiary/aromatic N) is 15. The summed E-state index contributed by atoms with van der Waals surface area (Å²) < 4.78 is 49.8.